The van der Waals surface area contributed by atoms with E-state index in [1.165, 1.54) is 16.3 Å². The van der Waals surface area contributed by atoms with E-state index in [0.29, 0.717) is 6.61 Å². The number of hydrogen-bond acceptors (Lipinski definition) is 2. The van der Waals surface area contributed by atoms with Gasteiger partial charge in [0.15, 0.2) is 0 Å². The summed E-state index contributed by atoms with van der Waals surface area (Å²) < 4.78 is 5.40. The van der Waals surface area contributed by atoms with Gasteiger partial charge in [-0.2, -0.15) is 0 Å². The normalized spacial score (nSPS) is 25.0. The maximum Gasteiger partial charge on any atom is 0.228 e. The zero-order chi connectivity index (χ0) is 14.9. The van der Waals surface area contributed by atoms with Gasteiger partial charge in [0.05, 0.1) is 18.6 Å². The minimum Gasteiger partial charge on any atom is -0.381 e. The molecule has 0 N–H and O–H groups in total. The highest BCUT2D eigenvalue weighted by Crippen LogP contribution is 2.37. The number of ether oxygens (including phenoxy) is 1. The van der Waals surface area contributed by atoms with Crippen molar-refractivity contribution in [3.05, 3.63) is 48.0 Å². The number of fused-ring (bicyclic) bond motifs is 1. The molecule has 2 atom stereocenters. The summed E-state index contributed by atoms with van der Waals surface area (Å²) in [6.07, 6.45) is 3.03. The third kappa shape index (κ3) is 2.30. The molecule has 2 heterocycles. The minimum atomic E-state index is 0.0653. The molecule has 1 amide bonds. The maximum absolute atomic E-state index is 12.8. The lowest BCUT2D eigenvalue weighted by molar-refractivity contribution is -0.136. The zero-order valence-corrected chi connectivity index (χ0v) is 12.7. The second-order valence-electron chi connectivity index (χ2n) is 6.32. The highest BCUT2D eigenvalue weighted by molar-refractivity contribution is 5.87. The molecule has 0 radical (unpaired) electrons. The number of rotatable bonds is 2. The van der Waals surface area contributed by atoms with Crippen molar-refractivity contribution in [2.24, 2.45) is 5.92 Å². The monoisotopic (exact) mass is 295 g/mol. The van der Waals surface area contributed by atoms with Crippen LogP contribution in [0.3, 0.4) is 0 Å². The Hall–Kier alpha value is -1.87. The smallest absolute Gasteiger partial charge is 0.228 e. The lowest BCUT2D eigenvalue weighted by Gasteiger charge is -2.28. The van der Waals surface area contributed by atoms with Crippen LogP contribution in [0.15, 0.2) is 42.5 Å². The number of amides is 1. The van der Waals surface area contributed by atoms with Crippen molar-refractivity contribution in [1.29, 1.82) is 0 Å². The van der Waals surface area contributed by atoms with Crippen LogP contribution in [-0.4, -0.2) is 30.6 Å². The van der Waals surface area contributed by atoms with Crippen molar-refractivity contribution in [2.45, 2.75) is 25.3 Å². The van der Waals surface area contributed by atoms with E-state index in [1.54, 1.807) is 0 Å². The largest absolute Gasteiger partial charge is 0.381 e. The van der Waals surface area contributed by atoms with E-state index >= 15 is 0 Å². The van der Waals surface area contributed by atoms with Crippen molar-refractivity contribution in [2.75, 3.05) is 19.8 Å². The summed E-state index contributed by atoms with van der Waals surface area (Å²) in [6.45, 7) is 2.20. The average Bonchev–Trinajstić information content (AvgIpc) is 3.25. The summed E-state index contributed by atoms with van der Waals surface area (Å²) in [7, 11) is 0. The molecule has 2 saturated heterocycles. The number of carbonyl (C=O) groups is 1. The number of hydrogen-bond donors (Lipinski definition) is 0. The molecule has 2 aliphatic rings. The molecule has 2 fully saturated rings. The fraction of sp³-hybridized carbons (Fsp3) is 0.421. The van der Waals surface area contributed by atoms with Crippen molar-refractivity contribution in [3.8, 4) is 0 Å². The zero-order valence-electron chi connectivity index (χ0n) is 12.7. The third-order valence-corrected chi connectivity index (χ3v) is 5.00. The molecule has 3 nitrogen and oxygen atoms in total. The molecule has 114 valence electrons. The van der Waals surface area contributed by atoms with E-state index in [4.69, 9.17) is 4.74 Å². The summed E-state index contributed by atoms with van der Waals surface area (Å²) >= 11 is 0. The van der Waals surface area contributed by atoms with Gasteiger partial charge in [0, 0.05) is 13.2 Å². The van der Waals surface area contributed by atoms with Crippen LogP contribution in [0.5, 0.6) is 0 Å². The molecule has 0 spiro atoms. The van der Waals surface area contributed by atoms with Gasteiger partial charge in [-0.05, 0) is 35.6 Å². The molecule has 3 heteroatoms. The quantitative estimate of drug-likeness (QED) is 0.848. The second kappa shape index (κ2) is 5.73. The summed E-state index contributed by atoms with van der Waals surface area (Å²) in [6, 6.07) is 15.1. The average molecular weight is 295 g/mol. The van der Waals surface area contributed by atoms with Gasteiger partial charge in [-0.15, -0.1) is 0 Å². The molecule has 22 heavy (non-hydrogen) atoms. The SMILES string of the molecule is O=C([C@H]1CCOC1)N1CCC[C@@H]1c1cccc2ccccc12. The number of likely N-dealkylation sites (tertiary alicyclic amines) is 1. The Morgan fingerprint density at radius 2 is 1.95 bits per heavy atom. The number of carbonyl (C=O) groups excluding carboxylic acids is 1. The summed E-state index contributed by atoms with van der Waals surface area (Å²) in [5.41, 5.74) is 1.29. The number of nitrogens with zero attached hydrogens (tertiary/aromatic N) is 1. The van der Waals surface area contributed by atoms with Gasteiger partial charge in [-0.25, -0.2) is 0 Å². The Morgan fingerprint density at radius 1 is 1.09 bits per heavy atom. The van der Waals surface area contributed by atoms with Gasteiger partial charge < -0.3 is 9.64 Å². The summed E-state index contributed by atoms with van der Waals surface area (Å²) in [4.78, 5) is 14.9. The fourth-order valence-corrected chi connectivity index (χ4v) is 3.86. The first-order valence-electron chi connectivity index (χ1n) is 8.20. The predicted octanol–water partition coefficient (Wildman–Crippen LogP) is 3.54. The first-order valence-corrected chi connectivity index (χ1v) is 8.20. The standard InChI is InChI=1S/C19H21NO2/c21-19(15-10-12-22-13-15)20-11-4-9-18(20)17-8-3-6-14-5-1-2-7-16(14)17/h1-3,5-8,15,18H,4,9-13H2/t15-,18+/m0/s1. The van der Waals surface area contributed by atoms with E-state index in [2.05, 4.69) is 47.4 Å². The molecule has 0 aromatic heterocycles. The maximum atomic E-state index is 12.8. The molecular formula is C19H21NO2. The van der Waals surface area contributed by atoms with E-state index in [-0.39, 0.29) is 17.9 Å². The van der Waals surface area contributed by atoms with Gasteiger partial charge >= 0.3 is 0 Å². The Kier molecular flexibility index (Phi) is 3.59. The second-order valence-corrected chi connectivity index (χ2v) is 6.32. The van der Waals surface area contributed by atoms with E-state index in [9.17, 15) is 4.79 Å². The van der Waals surface area contributed by atoms with Crippen LogP contribution in [0.25, 0.3) is 10.8 Å². The van der Waals surface area contributed by atoms with Crippen LogP contribution < -0.4 is 0 Å². The van der Waals surface area contributed by atoms with Crippen molar-refractivity contribution < 1.29 is 9.53 Å². The Bertz CT molecular complexity index is 685. The van der Waals surface area contributed by atoms with Gasteiger partial charge in [-0.1, -0.05) is 42.5 Å². The first-order chi connectivity index (χ1) is 10.8. The molecule has 0 saturated carbocycles. The lowest BCUT2D eigenvalue weighted by atomic mass is 9.96. The van der Waals surface area contributed by atoms with Crippen molar-refractivity contribution in [1.82, 2.24) is 4.90 Å². The summed E-state index contributed by atoms with van der Waals surface area (Å²) in [5.74, 6) is 0.350. The van der Waals surface area contributed by atoms with Gasteiger partial charge in [0.1, 0.15) is 0 Å². The Labute approximate surface area is 130 Å². The van der Waals surface area contributed by atoms with Crippen molar-refractivity contribution >= 4 is 16.7 Å². The molecule has 2 aromatic carbocycles. The topological polar surface area (TPSA) is 29.5 Å². The van der Waals surface area contributed by atoms with Crippen molar-refractivity contribution in [3.63, 3.8) is 0 Å². The molecule has 2 aliphatic heterocycles. The molecule has 0 bridgehead atoms. The fourth-order valence-electron chi connectivity index (χ4n) is 3.86. The molecule has 2 aromatic rings. The van der Waals surface area contributed by atoms with E-state index in [1.807, 2.05) is 0 Å². The van der Waals surface area contributed by atoms with Crippen LogP contribution in [0.4, 0.5) is 0 Å². The predicted molar refractivity (Wildman–Crippen MR) is 86.6 cm³/mol. The van der Waals surface area contributed by atoms with Gasteiger partial charge in [0.2, 0.25) is 5.91 Å². The van der Waals surface area contributed by atoms with E-state index in [0.717, 1.165) is 32.4 Å². The highest BCUT2D eigenvalue weighted by atomic mass is 16.5. The first kappa shape index (κ1) is 13.8. The molecule has 0 unspecified atom stereocenters. The van der Waals surface area contributed by atoms with E-state index < -0.39 is 0 Å². The van der Waals surface area contributed by atoms with Crippen LogP contribution >= 0.6 is 0 Å². The van der Waals surface area contributed by atoms with Crippen LogP contribution in [0.2, 0.25) is 0 Å². The third-order valence-electron chi connectivity index (χ3n) is 5.00. The van der Waals surface area contributed by atoms with Gasteiger partial charge in [0.25, 0.3) is 0 Å². The van der Waals surface area contributed by atoms with Crippen LogP contribution in [0, 0.1) is 5.92 Å². The highest BCUT2D eigenvalue weighted by Gasteiger charge is 2.35. The molecular weight excluding hydrogens is 274 g/mol. The lowest BCUT2D eigenvalue weighted by Crippen LogP contribution is -2.36. The summed E-state index contributed by atoms with van der Waals surface area (Å²) in [5, 5.41) is 2.53. The Balaban J connectivity index is 1.69. The Morgan fingerprint density at radius 3 is 2.82 bits per heavy atom. The van der Waals surface area contributed by atoms with Crippen LogP contribution in [-0.2, 0) is 9.53 Å². The van der Waals surface area contributed by atoms with Gasteiger partial charge in [-0.3, -0.25) is 4.79 Å². The minimum absolute atomic E-state index is 0.0653. The molecule has 0 aliphatic carbocycles. The number of benzene rings is 2. The molecule has 4 rings (SSSR count). The van der Waals surface area contributed by atoms with Crippen LogP contribution in [0.1, 0.15) is 30.9 Å².